The Hall–Kier alpha value is -2.91. The van der Waals surface area contributed by atoms with E-state index in [2.05, 4.69) is 10.3 Å². The van der Waals surface area contributed by atoms with E-state index in [0.717, 1.165) is 37.1 Å². The minimum absolute atomic E-state index is 0.239. The van der Waals surface area contributed by atoms with Crippen LogP contribution in [0, 0.1) is 0 Å². The van der Waals surface area contributed by atoms with E-state index < -0.39 is 29.6 Å². The number of alkyl halides is 6. The summed E-state index contributed by atoms with van der Waals surface area (Å²) < 4.78 is 77.6. The highest BCUT2D eigenvalue weighted by molar-refractivity contribution is 5.68. The van der Waals surface area contributed by atoms with Gasteiger partial charge in [-0.25, -0.2) is 4.98 Å². The summed E-state index contributed by atoms with van der Waals surface area (Å²) in [6.45, 7) is 2.98. The van der Waals surface area contributed by atoms with E-state index in [1.165, 1.54) is 24.3 Å². The summed E-state index contributed by atoms with van der Waals surface area (Å²) >= 11 is 0. The van der Waals surface area contributed by atoms with Gasteiger partial charge in [0.15, 0.2) is 0 Å². The lowest BCUT2D eigenvalue weighted by Crippen LogP contribution is -2.22. The van der Waals surface area contributed by atoms with Crippen molar-refractivity contribution in [2.75, 3.05) is 13.1 Å². The molecule has 3 rings (SSSR count). The number of nitrogens with one attached hydrogen (secondary N) is 1. The summed E-state index contributed by atoms with van der Waals surface area (Å²) in [5, 5.41) is 13.8. The first-order valence-electron chi connectivity index (χ1n) is 10.7. The van der Waals surface area contributed by atoms with Gasteiger partial charge in [-0.1, -0.05) is 37.6 Å². The molecule has 0 amide bonds. The van der Waals surface area contributed by atoms with E-state index in [9.17, 15) is 31.4 Å². The van der Waals surface area contributed by atoms with Gasteiger partial charge < -0.3 is 10.4 Å². The lowest BCUT2D eigenvalue weighted by atomic mass is 10.0. The minimum Gasteiger partial charge on any atom is -0.387 e. The predicted molar refractivity (Wildman–Crippen MR) is 118 cm³/mol. The van der Waals surface area contributed by atoms with Crippen molar-refractivity contribution in [2.24, 2.45) is 0 Å². The van der Waals surface area contributed by atoms with E-state index in [4.69, 9.17) is 0 Å². The molecule has 1 aromatic heterocycles. The number of hydrogen-bond acceptors (Lipinski definition) is 3. The molecule has 0 saturated carbocycles. The highest BCUT2D eigenvalue weighted by atomic mass is 19.4. The first-order valence-corrected chi connectivity index (χ1v) is 10.7. The normalized spacial score (nSPS) is 13.2. The summed E-state index contributed by atoms with van der Waals surface area (Å²) in [5.74, 6) is 0. The second kappa shape index (κ2) is 10.6. The molecule has 34 heavy (non-hydrogen) atoms. The van der Waals surface area contributed by atoms with Gasteiger partial charge in [0.2, 0.25) is 0 Å². The Morgan fingerprint density at radius 2 is 1.24 bits per heavy atom. The van der Waals surface area contributed by atoms with Gasteiger partial charge in [-0.2, -0.15) is 26.3 Å². The van der Waals surface area contributed by atoms with Gasteiger partial charge in [-0.05, 0) is 54.9 Å². The number of aromatic nitrogens is 1. The monoisotopic (exact) mass is 482 g/mol. The molecule has 0 aliphatic carbocycles. The summed E-state index contributed by atoms with van der Waals surface area (Å²) in [7, 11) is 0. The fourth-order valence-corrected chi connectivity index (χ4v) is 3.36. The van der Waals surface area contributed by atoms with Gasteiger partial charge in [0.25, 0.3) is 0 Å². The molecule has 9 heteroatoms. The van der Waals surface area contributed by atoms with Crippen LogP contribution in [0.2, 0.25) is 0 Å². The lowest BCUT2D eigenvalue weighted by Gasteiger charge is -2.16. The first kappa shape index (κ1) is 25.7. The van der Waals surface area contributed by atoms with E-state index in [1.807, 2.05) is 6.92 Å². The van der Waals surface area contributed by atoms with Crippen LogP contribution in [-0.2, 0) is 12.4 Å². The summed E-state index contributed by atoms with van der Waals surface area (Å²) in [5.41, 5.74) is 0.195. The highest BCUT2D eigenvalue weighted by Crippen LogP contribution is 2.34. The lowest BCUT2D eigenvalue weighted by molar-refractivity contribution is -0.138. The smallest absolute Gasteiger partial charge is 0.387 e. The molecule has 2 aromatic carbocycles. The van der Waals surface area contributed by atoms with Crippen molar-refractivity contribution in [3.63, 3.8) is 0 Å². The van der Waals surface area contributed by atoms with Crippen molar-refractivity contribution in [1.29, 1.82) is 0 Å². The molecule has 0 radical (unpaired) electrons. The number of benzene rings is 2. The molecular formula is C25H24F6N2O. The Morgan fingerprint density at radius 3 is 1.62 bits per heavy atom. The van der Waals surface area contributed by atoms with Crippen LogP contribution in [0.1, 0.15) is 42.6 Å². The van der Waals surface area contributed by atoms with Crippen LogP contribution < -0.4 is 5.32 Å². The summed E-state index contributed by atoms with van der Waals surface area (Å²) in [6.07, 6.45) is -8.01. The first-order chi connectivity index (χ1) is 16.0. The molecule has 1 heterocycles. The fourth-order valence-electron chi connectivity index (χ4n) is 3.36. The zero-order valence-electron chi connectivity index (χ0n) is 18.3. The number of aliphatic hydroxyl groups excluding tert-OH is 1. The number of nitrogens with zero attached hydrogens (tertiary/aromatic N) is 1. The molecule has 0 bridgehead atoms. The average Bonchev–Trinajstić information content (AvgIpc) is 2.80. The van der Waals surface area contributed by atoms with Gasteiger partial charge in [-0.15, -0.1) is 0 Å². The maximum atomic E-state index is 12.9. The van der Waals surface area contributed by atoms with Crippen LogP contribution in [0.4, 0.5) is 26.3 Å². The summed E-state index contributed by atoms with van der Waals surface area (Å²) in [4.78, 5) is 4.46. The maximum absolute atomic E-state index is 12.9. The molecule has 3 nitrogen and oxygen atoms in total. The predicted octanol–water partition coefficient (Wildman–Crippen LogP) is 6.88. The summed E-state index contributed by atoms with van der Waals surface area (Å²) in [6, 6.07) is 12.0. The fraction of sp³-hybridized carbons (Fsp3) is 0.320. The maximum Gasteiger partial charge on any atom is 0.416 e. The molecule has 0 aliphatic heterocycles. The highest BCUT2D eigenvalue weighted by Gasteiger charge is 2.31. The van der Waals surface area contributed by atoms with Crippen LogP contribution in [0.15, 0.2) is 60.7 Å². The zero-order chi connectivity index (χ0) is 24.9. The number of rotatable bonds is 8. The number of hydrogen-bond donors (Lipinski definition) is 2. The Morgan fingerprint density at radius 1 is 0.794 bits per heavy atom. The van der Waals surface area contributed by atoms with Crippen molar-refractivity contribution in [1.82, 2.24) is 10.3 Å². The number of unbranched alkanes of at least 4 members (excludes halogenated alkanes) is 1. The Kier molecular flexibility index (Phi) is 7.99. The van der Waals surface area contributed by atoms with Crippen LogP contribution in [-0.4, -0.2) is 23.2 Å². The standard InChI is InChI=1S/C25H24F6N2O/c1-2-3-12-32-15-23(34)18-13-21(16-4-8-19(9-5-16)24(26,27)28)33-22(14-18)17-6-10-20(11-7-17)25(29,30)31/h4-11,13-14,23,32,34H,2-3,12,15H2,1H3/t23-/m0/s1. The quantitative estimate of drug-likeness (QED) is 0.272. The van der Waals surface area contributed by atoms with Gasteiger partial charge in [0, 0.05) is 17.7 Å². The van der Waals surface area contributed by atoms with Crippen LogP contribution in [0.5, 0.6) is 0 Å². The molecule has 0 aliphatic rings. The molecule has 1 atom stereocenters. The molecule has 2 N–H and O–H groups in total. The second-order valence-corrected chi connectivity index (χ2v) is 7.89. The van der Waals surface area contributed by atoms with Gasteiger partial charge in [0.05, 0.1) is 28.6 Å². The number of aliphatic hydroxyl groups is 1. The van der Waals surface area contributed by atoms with E-state index in [-0.39, 0.29) is 6.54 Å². The molecule has 0 unspecified atom stereocenters. The van der Waals surface area contributed by atoms with Crippen molar-refractivity contribution in [2.45, 2.75) is 38.2 Å². The third kappa shape index (κ3) is 6.57. The number of halogens is 6. The third-order valence-corrected chi connectivity index (χ3v) is 5.29. The SMILES string of the molecule is CCCCNC[C@H](O)c1cc(-c2ccc(C(F)(F)F)cc2)nc(-c2ccc(C(F)(F)F)cc2)c1. The third-order valence-electron chi connectivity index (χ3n) is 5.29. The largest absolute Gasteiger partial charge is 0.416 e. The molecule has 0 fully saturated rings. The van der Waals surface area contributed by atoms with Gasteiger partial charge in [-0.3, -0.25) is 0 Å². The minimum atomic E-state index is -4.49. The van der Waals surface area contributed by atoms with E-state index in [0.29, 0.717) is 34.6 Å². The number of pyridine rings is 1. The average molecular weight is 482 g/mol. The Labute approximate surface area is 193 Å². The Bertz CT molecular complexity index is 1000. The zero-order valence-corrected chi connectivity index (χ0v) is 18.3. The van der Waals surface area contributed by atoms with Gasteiger partial charge >= 0.3 is 12.4 Å². The second-order valence-electron chi connectivity index (χ2n) is 7.89. The van der Waals surface area contributed by atoms with Crippen LogP contribution in [0.3, 0.4) is 0 Å². The molecular weight excluding hydrogens is 458 g/mol. The van der Waals surface area contributed by atoms with Crippen molar-refractivity contribution in [3.8, 4) is 22.5 Å². The molecule has 0 saturated heterocycles. The van der Waals surface area contributed by atoms with Gasteiger partial charge in [0.1, 0.15) is 0 Å². The van der Waals surface area contributed by atoms with Crippen molar-refractivity contribution >= 4 is 0 Å². The molecule has 3 aromatic rings. The van der Waals surface area contributed by atoms with E-state index >= 15 is 0 Å². The molecule has 182 valence electrons. The molecule has 0 spiro atoms. The van der Waals surface area contributed by atoms with Crippen LogP contribution in [0.25, 0.3) is 22.5 Å². The topological polar surface area (TPSA) is 45.1 Å². The van der Waals surface area contributed by atoms with Crippen molar-refractivity contribution in [3.05, 3.63) is 77.4 Å². The van der Waals surface area contributed by atoms with Crippen molar-refractivity contribution < 1.29 is 31.4 Å². The Balaban J connectivity index is 1.99. The van der Waals surface area contributed by atoms with E-state index in [1.54, 1.807) is 12.1 Å². The van der Waals surface area contributed by atoms with Crippen LogP contribution >= 0.6 is 0 Å².